The predicted molar refractivity (Wildman–Crippen MR) is 114 cm³/mol. The van der Waals surface area contributed by atoms with Gasteiger partial charge in [0.15, 0.2) is 0 Å². The number of benzene rings is 2. The summed E-state index contributed by atoms with van der Waals surface area (Å²) in [5, 5.41) is 10.0. The number of rotatable bonds is 4. The van der Waals surface area contributed by atoms with E-state index in [1.54, 1.807) is 32.2 Å². The molecule has 0 atom stereocenters. The summed E-state index contributed by atoms with van der Waals surface area (Å²) >= 11 is 0. The first-order valence-corrected chi connectivity index (χ1v) is 9.45. The van der Waals surface area contributed by atoms with Crippen LogP contribution in [0.4, 0.5) is 5.69 Å². The van der Waals surface area contributed by atoms with Crippen LogP contribution >= 0.6 is 0 Å². The number of pyridine rings is 1. The third-order valence-corrected chi connectivity index (χ3v) is 4.91. The first-order chi connectivity index (χ1) is 14.5. The summed E-state index contributed by atoms with van der Waals surface area (Å²) in [5.41, 5.74) is 4.29. The topological polar surface area (TPSA) is 97.1 Å². The van der Waals surface area contributed by atoms with Crippen molar-refractivity contribution in [2.75, 3.05) is 12.4 Å². The third-order valence-electron chi connectivity index (χ3n) is 4.91. The molecule has 0 aliphatic rings. The van der Waals surface area contributed by atoms with E-state index in [0.29, 0.717) is 33.6 Å². The van der Waals surface area contributed by atoms with Crippen LogP contribution in [0.1, 0.15) is 32.0 Å². The molecule has 7 nitrogen and oxygen atoms in total. The molecule has 4 rings (SSSR count). The highest BCUT2D eigenvalue weighted by molar-refractivity contribution is 6.15. The maximum atomic E-state index is 13.3. The van der Waals surface area contributed by atoms with E-state index in [1.807, 2.05) is 43.3 Å². The smallest absolute Gasteiger partial charge is 0.259 e. The van der Waals surface area contributed by atoms with Gasteiger partial charge in [-0.1, -0.05) is 47.6 Å². The third kappa shape index (κ3) is 3.41. The second-order valence-corrected chi connectivity index (χ2v) is 6.90. The van der Waals surface area contributed by atoms with Crippen LogP contribution in [-0.2, 0) is 0 Å². The summed E-state index contributed by atoms with van der Waals surface area (Å²) in [7, 11) is 1.55. The molecule has 150 valence electrons. The Labute approximate surface area is 173 Å². The van der Waals surface area contributed by atoms with Gasteiger partial charge in [-0.25, -0.2) is 4.98 Å². The summed E-state index contributed by atoms with van der Waals surface area (Å²) < 4.78 is 5.35. The molecule has 0 radical (unpaired) electrons. The monoisotopic (exact) mass is 400 g/mol. The Morgan fingerprint density at radius 1 is 0.967 bits per heavy atom. The molecule has 2 aromatic carbocycles. The Bertz CT molecular complexity index is 1260. The van der Waals surface area contributed by atoms with Crippen molar-refractivity contribution in [3.63, 3.8) is 0 Å². The van der Waals surface area contributed by atoms with Crippen LogP contribution in [0.5, 0.6) is 0 Å². The number of carbonyl (C=O) groups excluding carboxylic acids is 2. The number of nitrogens with one attached hydrogen (secondary N) is 2. The number of nitrogens with zero attached hydrogens (tertiary/aromatic N) is 2. The molecule has 0 bridgehead atoms. The highest BCUT2D eigenvalue weighted by Gasteiger charge is 2.21. The fraction of sp³-hybridized carbons (Fsp3) is 0.130. The molecule has 7 heteroatoms. The quantitative estimate of drug-likeness (QED) is 0.537. The molecule has 30 heavy (non-hydrogen) atoms. The molecule has 0 unspecified atom stereocenters. The molecular weight excluding hydrogens is 380 g/mol. The minimum absolute atomic E-state index is 0.269. The molecule has 0 fully saturated rings. The van der Waals surface area contributed by atoms with Gasteiger partial charge in [0.2, 0.25) is 0 Å². The number of carbonyl (C=O) groups is 2. The molecule has 2 heterocycles. The van der Waals surface area contributed by atoms with E-state index in [4.69, 9.17) is 4.52 Å². The van der Waals surface area contributed by atoms with Crippen LogP contribution in [0.2, 0.25) is 0 Å². The lowest BCUT2D eigenvalue weighted by Gasteiger charge is -2.13. The van der Waals surface area contributed by atoms with Crippen molar-refractivity contribution in [3.8, 4) is 11.3 Å². The number of hydrogen-bond donors (Lipinski definition) is 2. The number of anilines is 1. The molecule has 0 saturated carbocycles. The molecule has 0 spiro atoms. The highest BCUT2D eigenvalue weighted by atomic mass is 16.5. The molecule has 0 saturated heterocycles. The Hall–Kier alpha value is -4.00. The second-order valence-electron chi connectivity index (χ2n) is 6.90. The zero-order valence-corrected chi connectivity index (χ0v) is 16.8. The van der Waals surface area contributed by atoms with Crippen LogP contribution in [0.25, 0.3) is 22.4 Å². The van der Waals surface area contributed by atoms with Gasteiger partial charge < -0.3 is 15.2 Å². The van der Waals surface area contributed by atoms with E-state index in [9.17, 15) is 9.59 Å². The molecule has 0 aliphatic carbocycles. The van der Waals surface area contributed by atoms with Crippen molar-refractivity contribution in [1.82, 2.24) is 15.5 Å². The van der Waals surface area contributed by atoms with Gasteiger partial charge in [0.1, 0.15) is 0 Å². The van der Waals surface area contributed by atoms with E-state index in [-0.39, 0.29) is 17.5 Å². The first-order valence-electron chi connectivity index (χ1n) is 9.45. The van der Waals surface area contributed by atoms with E-state index in [0.717, 1.165) is 11.1 Å². The first kappa shape index (κ1) is 19.3. The average Bonchev–Trinajstić information content (AvgIpc) is 3.14. The fourth-order valence-electron chi connectivity index (χ4n) is 3.42. The lowest BCUT2D eigenvalue weighted by atomic mass is 10.0. The summed E-state index contributed by atoms with van der Waals surface area (Å²) in [6, 6.07) is 16.5. The number of fused-ring (bicyclic) bond motifs is 1. The zero-order valence-electron chi connectivity index (χ0n) is 16.8. The number of aryl methyl sites for hydroxylation is 2. The van der Waals surface area contributed by atoms with Crippen LogP contribution in [0, 0.1) is 13.8 Å². The molecular formula is C23H20N4O3. The minimum atomic E-state index is -0.373. The maximum absolute atomic E-state index is 13.3. The van der Waals surface area contributed by atoms with Gasteiger partial charge in [-0.3, -0.25) is 9.59 Å². The molecule has 0 aliphatic heterocycles. The van der Waals surface area contributed by atoms with Crippen molar-refractivity contribution < 1.29 is 14.1 Å². The second kappa shape index (κ2) is 7.79. The Morgan fingerprint density at radius 2 is 1.73 bits per heavy atom. The van der Waals surface area contributed by atoms with Gasteiger partial charge in [0.05, 0.1) is 33.6 Å². The summed E-state index contributed by atoms with van der Waals surface area (Å²) in [4.78, 5) is 30.2. The van der Waals surface area contributed by atoms with Crippen LogP contribution in [0.15, 0.2) is 59.1 Å². The molecule has 2 amide bonds. The van der Waals surface area contributed by atoms with Crippen molar-refractivity contribution in [2.24, 2.45) is 0 Å². The van der Waals surface area contributed by atoms with Crippen molar-refractivity contribution in [3.05, 3.63) is 77.0 Å². The molecule has 4 aromatic rings. The maximum Gasteiger partial charge on any atom is 0.259 e. The minimum Gasteiger partial charge on any atom is -0.355 e. The van der Waals surface area contributed by atoms with Crippen LogP contribution < -0.4 is 10.6 Å². The number of amides is 2. The lowest BCUT2D eigenvalue weighted by Crippen LogP contribution is -2.22. The van der Waals surface area contributed by atoms with Gasteiger partial charge in [0, 0.05) is 12.6 Å². The van der Waals surface area contributed by atoms with Crippen LogP contribution in [0.3, 0.4) is 0 Å². The lowest BCUT2D eigenvalue weighted by molar-refractivity contribution is 0.0963. The summed E-state index contributed by atoms with van der Waals surface area (Å²) in [6.07, 6.45) is 0. The molecule has 2 aromatic heterocycles. The van der Waals surface area contributed by atoms with Gasteiger partial charge in [-0.15, -0.1) is 0 Å². The molecule has 2 N–H and O–H groups in total. The van der Waals surface area contributed by atoms with Gasteiger partial charge >= 0.3 is 0 Å². The van der Waals surface area contributed by atoms with E-state index in [2.05, 4.69) is 20.8 Å². The number of aromatic nitrogens is 2. The predicted octanol–water partition coefficient (Wildman–Crippen LogP) is 4.12. The summed E-state index contributed by atoms with van der Waals surface area (Å²) in [6.45, 7) is 3.58. The Kier molecular flexibility index (Phi) is 5.02. The standard InChI is InChI=1S/C23H20N4O3/c1-13-8-7-11-17(19(13)22(29)24-3)25-21(28)16-12-18(15-9-5-4-6-10-15)26-23-20(16)14(2)27-30-23/h4-12H,1-3H3,(H,24,29)(H,25,28). The zero-order chi connectivity index (χ0) is 21.3. The average molecular weight is 400 g/mol. The van der Waals surface area contributed by atoms with E-state index in [1.165, 1.54) is 0 Å². The van der Waals surface area contributed by atoms with Crippen molar-refractivity contribution in [2.45, 2.75) is 13.8 Å². The number of hydrogen-bond acceptors (Lipinski definition) is 5. The van der Waals surface area contributed by atoms with Crippen LogP contribution in [-0.4, -0.2) is 29.0 Å². The van der Waals surface area contributed by atoms with Gasteiger partial charge in [-0.2, -0.15) is 0 Å². The van der Waals surface area contributed by atoms with E-state index < -0.39 is 0 Å². The van der Waals surface area contributed by atoms with E-state index >= 15 is 0 Å². The van der Waals surface area contributed by atoms with Crippen molar-refractivity contribution >= 4 is 28.6 Å². The van der Waals surface area contributed by atoms with Crippen molar-refractivity contribution in [1.29, 1.82) is 0 Å². The largest absolute Gasteiger partial charge is 0.355 e. The van der Waals surface area contributed by atoms with Gasteiger partial charge in [-0.05, 0) is 31.5 Å². The fourth-order valence-corrected chi connectivity index (χ4v) is 3.42. The normalized spacial score (nSPS) is 10.8. The highest BCUT2D eigenvalue weighted by Crippen LogP contribution is 2.28. The van der Waals surface area contributed by atoms with Gasteiger partial charge in [0.25, 0.3) is 17.5 Å². The Morgan fingerprint density at radius 3 is 2.47 bits per heavy atom. The Balaban J connectivity index is 1.82. The summed E-state index contributed by atoms with van der Waals surface area (Å²) in [5.74, 6) is -0.643. The SMILES string of the molecule is CNC(=O)c1c(C)cccc1NC(=O)c1cc(-c2ccccc2)nc2onc(C)c12.